The molecule has 2 rings (SSSR count). The smallest absolute Gasteiger partial charge is 0.220 e. The molecular formula is C32H50ClN2O2+. The summed E-state index contributed by atoms with van der Waals surface area (Å²) in [7, 11) is 0. The van der Waals surface area contributed by atoms with Crippen LogP contribution in [0, 0.1) is 0 Å². The monoisotopic (exact) mass is 529 g/mol. The molecule has 0 saturated heterocycles. The van der Waals surface area contributed by atoms with Crippen LogP contribution in [0.5, 0.6) is 5.75 Å². The van der Waals surface area contributed by atoms with Crippen LogP contribution in [0.15, 0.2) is 42.7 Å². The van der Waals surface area contributed by atoms with Crippen LogP contribution < -0.4 is 9.30 Å². The normalized spacial score (nSPS) is 11.0. The van der Waals surface area contributed by atoms with Crippen molar-refractivity contribution < 1.29 is 14.1 Å². The van der Waals surface area contributed by atoms with Gasteiger partial charge in [0.15, 0.2) is 12.4 Å². The fourth-order valence-electron chi connectivity index (χ4n) is 4.66. The number of aryl methyl sites for hydroxylation is 1. The summed E-state index contributed by atoms with van der Waals surface area (Å²) in [5, 5.41) is 0.611. The summed E-state index contributed by atoms with van der Waals surface area (Å²) in [6.45, 7) is 8.76. The molecule has 1 amide bonds. The highest BCUT2D eigenvalue weighted by Gasteiger charge is 2.16. The van der Waals surface area contributed by atoms with Gasteiger partial charge in [-0.2, -0.15) is 0 Å². The lowest BCUT2D eigenvalue weighted by molar-refractivity contribution is -0.697. The molecule has 0 radical (unpaired) electrons. The van der Waals surface area contributed by atoms with Gasteiger partial charge in [-0.15, -0.1) is 0 Å². The number of ether oxygens (including phenoxy) is 1. The molecule has 0 unspecified atom stereocenters. The Labute approximate surface area is 231 Å². The number of rotatable bonds is 20. The molecule has 0 bridgehead atoms. The predicted molar refractivity (Wildman–Crippen MR) is 155 cm³/mol. The summed E-state index contributed by atoms with van der Waals surface area (Å²) in [4.78, 5) is 14.3. The summed E-state index contributed by atoms with van der Waals surface area (Å²) in [5.41, 5.74) is 2.07. The third-order valence-electron chi connectivity index (χ3n) is 6.91. The van der Waals surface area contributed by atoms with Crippen LogP contribution in [-0.2, 0) is 24.4 Å². The first-order valence-electron chi connectivity index (χ1n) is 14.7. The Bertz CT molecular complexity index is 885. The highest BCUT2D eigenvalue weighted by Crippen LogP contribution is 2.30. The van der Waals surface area contributed by atoms with Crippen LogP contribution in [0.25, 0.3) is 0 Å². The zero-order valence-electron chi connectivity index (χ0n) is 23.7. The van der Waals surface area contributed by atoms with Crippen molar-refractivity contribution in [2.24, 2.45) is 0 Å². The minimum absolute atomic E-state index is 0.0390. The average molecular weight is 530 g/mol. The molecular weight excluding hydrogens is 480 g/mol. The number of hydrogen-bond donors (Lipinski definition) is 0. The van der Waals surface area contributed by atoms with E-state index < -0.39 is 0 Å². The van der Waals surface area contributed by atoms with Crippen molar-refractivity contribution >= 4 is 17.5 Å². The molecule has 1 heterocycles. The Balaban J connectivity index is 1.75. The predicted octanol–water partition coefficient (Wildman–Crippen LogP) is 8.67. The van der Waals surface area contributed by atoms with Crippen molar-refractivity contribution in [1.29, 1.82) is 0 Å². The standard InChI is InChI=1S/C32H50ClN2O2/c1-4-6-7-8-9-10-11-12-13-14-15-16-25-37-32-30(18-17-19-31(32)33)27-35(28(3)36)26-29-20-23-34(22-5-2)24-21-29/h17-21,23-24H,4-16,22,25-27H2,1-3H3/q+1. The number of carbonyl (C=O) groups is 1. The zero-order chi connectivity index (χ0) is 26.7. The maximum Gasteiger partial charge on any atom is 0.220 e. The lowest BCUT2D eigenvalue weighted by Crippen LogP contribution is -2.33. The second-order valence-corrected chi connectivity index (χ2v) is 10.7. The highest BCUT2D eigenvalue weighted by molar-refractivity contribution is 6.32. The van der Waals surface area contributed by atoms with E-state index in [0.717, 1.165) is 30.5 Å². The summed E-state index contributed by atoms with van der Waals surface area (Å²) in [6, 6.07) is 10.00. The van der Waals surface area contributed by atoms with Crippen molar-refractivity contribution in [2.45, 2.75) is 124 Å². The quantitative estimate of drug-likeness (QED) is 0.127. The number of pyridine rings is 1. The number of carbonyl (C=O) groups excluding carboxylic acids is 1. The molecule has 2 aromatic rings. The number of aromatic nitrogens is 1. The summed E-state index contributed by atoms with van der Waals surface area (Å²) in [5.74, 6) is 0.754. The van der Waals surface area contributed by atoms with Crippen LogP contribution in [0.1, 0.15) is 115 Å². The number of unbranched alkanes of at least 4 members (excludes halogenated alkanes) is 11. The van der Waals surface area contributed by atoms with Crippen LogP contribution >= 0.6 is 11.6 Å². The first kappa shape index (κ1) is 31.1. The van der Waals surface area contributed by atoms with Gasteiger partial charge in [0, 0.05) is 44.1 Å². The Morgan fingerprint density at radius 1 is 0.811 bits per heavy atom. The first-order chi connectivity index (χ1) is 18.0. The van der Waals surface area contributed by atoms with Gasteiger partial charge < -0.3 is 9.64 Å². The topological polar surface area (TPSA) is 33.4 Å². The van der Waals surface area contributed by atoms with Crippen molar-refractivity contribution in [2.75, 3.05) is 6.61 Å². The van der Waals surface area contributed by atoms with Gasteiger partial charge in [-0.25, -0.2) is 4.57 Å². The first-order valence-corrected chi connectivity index (χ1v) is 15.1. The second-order valence-electron chi connectivity index (χ2n) is 10.3. The molecule has 4 nitrogen and oxygen atoms in total. The number of benzene rings is 1. The molecule has 0 spiro atoms. The van der Waals surface area contributed by atoms with Gasteiger partial charge in [-0.05, 0) is 18.1 Å². The van der Waals surface area contributed by atoms with E-state index in [0.29, 0.717) is 30.5 Å². The van der Waals surface area contributed by atoms with E-state index in [-0.39, 0.29) is 5.91 Å². The Kier molecular flexibility index (Phi) is 16.1. The average Bonchev–Trinajstić information content (AvgIpc) is 2.89. The van der Waals surface area contributed by atoms with E-state index in [1.165, 1.54) is 70.6 Å². The number of halogens is 1. The summed E-state index contributed by atoms with van der Waals surface area (Å²) < 4.78 is 8.33. The lowest BCUT2D eigenvalue weighted by atomic mass is 10.1. The number of hydrogen-bond acceptors (Lipinski definition) is 2. The van der Waals surface area contributed by atoms with Crippen molar-refractivity contribution in [3.8, 4) is 5.75 Å². The molecule has 206 valence electrons. The third kappa shape index (κ3) is 12.8. The highest BCUT2D eigenvalue weighted by atomic mass is 35.5. The maximum absolute atomic E-state index is 12.5. The van der Waals surface area contributed by atoms with Crippen LogP contribution in [0.2, 0.25) is 5.02 Å². The lowest BCUT2D eigenvalue weighted by Gasteiger charge is -2.23. The SMILES string of the molecule is CCCCCCCCCCCCCCOc1c(Cl)cccc1CN(Cc1cc[n+](CCC)cc1)C(C)=O. The van der Waals surface area contributed by atoms with Gasteiger partial charge >= 0.3 is 0 Å². The number of para-hydroxylation sites is 1. The van der Waals surface area contributed by atoms with Gasteiger partial charge in [0.1, 0.15) is 12.3 Å². The Morgan fingerprint density at radius 3 is 1.97 bits per heavy atom. The molecule has 5 heteroatoms. The van der Waals surface area contributed by atoms with Crippen molar-refractivity contribution in [3.05, 3.63) is 58.9 Å². The van der Waals surface area contributed by atoms with E-state index in [1.54, 1.807) is 6.92 Å². The van der Waals surface area contributed by atoms with Crippen molar-refractivity contribution in [1.82, 2.24) is 4.90 Å². The molecule has 1 aromatic carbocycles. The molecule has 0 aliphatic carbocycles. The Morgan fingerprint density at radius 2 is 1.41 bits per heavy atom. The minimum Gasteiger partial charge on any atom is -0.492 e. The van der Waals surface area contributed by atoms with E-state index in [1.807, 2.05) is 23.1 Å². The summed E-state index contributed by atoms with van der Waals surface area (Å²) in [6.07, 6.45) is 21.1. The molecule has 0 saturated carbocycles. The second kappa shape index (κ2) is 19.1. The molecule has 0 atom stereocenters. The largest absolute Gasteiger partial charge is 0.492 e. The minimum atomic E-state index is 0.0390. The molecule has 0 aliphatic rings. The van der Waals surface area contributed by atoms with E-state index in [9.17, 15) is 4.79 Å². The summed E-state index contributed by atoms with van der Waals surface area (Å²) >= 11 is 6.52. The zero-order valence-corrected chi connectivity index (χ0v) is 24.4. The Hall–Kier alpha value is -2.07. The maximum atomic E-state index is 12.5. The fourth-order valence-corrected chi connectivity index (χ4v) is 4.91. The number of nitrogens with zero attached hydrogens (tertiary/aromatic N) is 2. The fraction of sp³-hybridized carbons (Fsp3) is 0.625. The van der Waals surface area contributed by atoms with Crippen LogP contribution in [-0.4, -0.2) is 17.4 Å². The van der Waals surface area contributed by atoms with E-state index in [2.05, 4.69) is 42.9 Å². The van der Waals surface area contributed by atoms with Gasteiger partial charge in [-0.1, -0.05) is 108 Å². The third-order valence-corrected chi connectivity index (χ3v) is 7.21. The molecule has 0 aliphatic heterocycles. The molecule has 0 fully saturated rings. The van der Waals surface area contributed by atoms with Crippen LogP contribution in [0.4, 0.5) is 0 Å². The van der Waals surface area contributed by atoms with Gasteiger partial charge in [-0.3, -0.25) is 4.79 Å². The van der Waals surface area contributed by atoms with E-state index >= 15 is 0 Å². The molecule has 0 N–H and O–H groups in total. The van der Waals surface area contributed by atoms with Crippen LogP contribution in [0.3, 0.4) is 0 Å². The number of amides is 1. The molecule has 37 heavy (non-hydrogen) atoms. The van der Waals surface area contributed by atoms with Gasteiger partial charge in [0.2, 0.25) is 5.91 Å². The van der Waals surface area contributed by atoms with E-state index in [4.69, 9.17) is 16.3 Å². The van der Waals surface area contributed by atoms with Gasteiger partial charge in [0.25, 0.3) is 0 Å². The molecule has 1 aromatic heterocycles. The van der Waals surface area contributed by atoms with Crippen molar-refractivity contribution in [3.63, 3.8) is 0 Å². The van der Waals surface area contributed by atoms with Gasteiger partial charge in [0.05, 0.1) is 11.6 Å².